The molecule has 0 spiro atoms. The predicted octanol–water partition coefficient (Wildman–Crippen LogP) is 5.68. The number of rotatable bonds is 4. The van der Waals surface area contributed by atoms with Crippen molar-refractivity contribution in [3.63, 3.8) is 0 Å². The van der Waals surface area contributed by atoms with Crippen LogP contribution in [0.25, 0.3) is 0 Å². The van der Waals surface area contributed by atoms with Crippen LogP contribution in [0.1, 0.15) is 64.2 Å². The standard InChI is InChI=1S/C21H30F2O2/c22-21(23)13-20-12-5-16(14-25-20)2-1-15-3-6-17(7-4-15)18-8-10-19(24)11-9-18/h1-2,13,15-18,20H,3-12,14H2. The number of carbonyl (C=O) groups is 1. The van der Waals surface area contributed by atoms with E-state index < -0.39 is 12.2 Å². The molecule has 2 saturated carbocycles. The molecule has 3 rings (SSSR count). The van der Waals surface area contributed by atoms with Crippen LogP contribution in [0.15, 0.2) is 24.3 Å². The Bertz CT molecular complexity index is 484. The van der Waals surface area contributed by atoms with Crippen molar-refractivity contribution in [2.24, 2.45) is 23.7 Å². The van der Waals surface area contributed by atoms with Gasteiger partial charge in [-0.3, -0.25) is 4.79 Å². The highest BCUT2D eigenvalue weighted by atomic mass is 19.3. The Morgan fingerprint density at radius 2 is 1.44 bits per heavy atom. The van der Waals surface area contributed by atoms with Gasteiger partial charge in [0.25, 0.3) is 6.08 Å². The first-order valence-electron chi connectivity index (χ1n) is 9.94. The molecule has 0 radical (unpaired) electrons. The van der Waals surface area contributed by atoms with Gasteiger partial charge in [-0.1, -0.05) is 12.2 Å². The predicted molar refractivity (Wildman–Crippen MR) is 94.3 cm³/mol. The van der Waals surface area contributed by atoms with E-state index in [1.165, 1.54) is 25.7 Å². The van der Waals surface area contributed by atoms with Crippen molar-refractivity contribution in [3.05, 3.63) is 24.3 Å². The van der Waals surface area contributed by atoms with Gasteiger partial charge < -0.3 is 4.74 Å². The number of ketones is 1. The second-order valence-electron chi connectivity index (χ2n) is 8.10. The highest BCUT2D eigenvalue weighted by molar-refractivity contribution is 5.79. The monoisotopic (exact) mass is 352 g/mol. The van der Waals surface area contributed by atoms with Gasteiger partial charge in [-0.25, -0.2) is 0 Å². The molecular formula is C21H30F2O2. The maximum absolute atomic E-state index is 12.2. The molecule has 0 aromatic carbocycles. The minimum absolute atomic E-state index is 0.370. The molecule has 25 heavy (non-hydrogen) atoms. The van der Waals surface area contributed by atoms with E-state index in [1.807, 2.05) is 0 Å². The van der Waals surface area contributed by atoms with Crippen molar-refractivity contribution in [1.82, 2.24) is 0 Å². The normalized spacial score (nSPS) is 35.0. The zero-order valence-electron chi connectivity index (χ0n) is 15.0. The molecule has 0 aromatic rings. The van der Waals surface area contributed by atoms with Crippen LogP contribution < -0.4 is 0 Å². The quantitative estimate of drug-likeness (QED) is 0.608. The largest absolute Gasteiger partial charge is 0.373 e. The topological polar surface area (TPSA) is 26.3 Å². The number of hydrogen-bond donors (Lipinski definition) is 0. The summed E-state index contributed by atoms with van der Waals surface area (Å²) < 4.78 is 30.0. The summed E-state index contributed by atoms with van der Waals surface area (Å²) in [5.41, 5.74) is 0. The molecule has 0 amide bonds. The molecule has 2 unspecified atom stereocenters. The summed E-state index contributed by atoms with van der Waals surface area (Å²) in [6.07, 6.45) is 14.0. The van der Waals surface area contributed by atoms with Crippen LogP contribution >= 0.6 is 0 Å². The van der Waals surface area contributed by atoms with Crippen molar-refractivity contribution in [2.75, 3.05) is 6.61 Å². The fraction of sp³-hybridized carbons (Fsp3) is 0.762. The number of Topliss-reactive ketones (excluding diaryl/α,β-unsaturated/α-hetero) is 1. The van der Waals surface area contributed by atoms with Gasteiger partial charge in [0.15, 0.2) is 0 Å². The van der Waals surface area contributed by atoms with Crippen molar-refractivity contribution in [2.45, 2.75) is 70.3 Å². The zero-order valence-corrected chi connectivity index (χ0v) is 15.0. The lowest BCUT2D eigenvalue weighted by atomic mass is 9.71. The van der Waals surface area contributed by atoms with Crippen LogP contribution in [0.2, 0.25) is 0 Å². The van der Waals surface area contributed by atoms with Gasteiger partial charge in [0.05, 0.1) is 12.7 Å². The van der Waals surface area contributed by atoms with Gasteiger partial charge >= 0.3 is 0 Å². The third-order valence-corrected chi connectivity index (χ3v) is 6.38. The Morgan fingerprint density at radius 3 is 2.04 bits per heavy atom. The van der Waals surface area contributed by atoms with Gasteiger partial charge in [-0.2, -0.15) is 8.78 Å². The molecule has 1 aliphatic heterocycles. The maximum Gasteiger partial charge on any atom is 0.268 e. The van der Waals surface area contributed by atoms with Crippen molar-refractivity contribution in [3.8, 4) is 0 Å². The van der Waals surface area contributed by atoms with Crippen LogP contribution in [-0.2, 0) is 9.53 Å². The summed E-state index contributed by atoms with van der Waals surface area (Å²) in [7, 11) is 0. The van der Waals surface area contributed by atoms with Gasteiger partial charge in [-0.05, 0) is 69.1 Å². The van der Waals surface area contributed by atoms with Gasteiger partial charge in [0.2, 0.25) is 0 Å². The van der Waals surface area contributed by atoms with Gasteiger partial charge in [-0.15, -0.1) is 0 Å². The Hall–Kier alpha value is -1.03. The van der Waals surface area contributed by atoms with E-state index in [-0.39, 0.29) is 0 Å². The highest BCUT2D eigenvalue weighted by Gasteiger charge is 2.29. The second kappa shape index (κ2) is 9.07. The van der Waals surface area contributed by atoms with E-state index in [0.29, 0.717) is 30.6 Å². The molecule has 0 aromatic heterocycles. The molecule has 3 fully saturated rings. The van der Waals surface area contributed by atoms with E-state index in [9.17, 15) is 13.6 Å². The summed E-state index contributed by atoms with van der Waals surface area (Å²) in [5.74, 6) is 3.07. The van der Waals surface area contributed by atoms with E-state index in [4.69, 9.17) is 4.74 Å². The molecule has 1 heterocycles. The molecule has 140 valence electrons. The summed E-state index contributed by atoms with van der Waals surface area (Å²) >= 11 is 0. The average Bonchev–Trinajstić information content (AvgIpc) is 2.62. The number of carbonyl (C=O) groups excluding carboxylic acids is 1. The van der Waals surface area contributed by atoms with E-state index in [2.05, 4.69) is 12.2 Å². The average molecular weight is 352 g/mol. The second-order valence-corrected chi connectivity index (χ2v) is 8.10. The summed E-state index contributed by atoms with van der Waals surface area (Å²) in [6, 6.07) is 0. The molecule has 0 bridgehead atoms. The summed E-state index contributed by atoms with van der Waals surface area (Å²) in [4.78, 5) is 11.4. The lowest BCUT2D eigenvalue weighted by molar-refractivity contribution is -0.121. The fourth-order valence-corrected chi connectivity index (χ4v) is 4.77. The molecule has 1 saturated heterocycles. The molecular weight excluding hydrogens is 322 g/mol. The minimum atomic E-state index is -1.64. The third-order valence-electron chi connectivity index (χ3n) is 6.38. The molecule has 2 atom stereocenters. The first-order chi connectivity index (χ1) is 12.1. The molecule has 2 aliphatic carbocycles. The fourth-order valence-electron chi connectivity index (χ4n) is 4.77. The van der Waals surface area contributed by atoms with E-state index in [0.717, 1.165) is 50.0 Å². The Kier molecular flexibility index (Phi) is 6.80. The van der Waals surface area contributed by atoms with E-state index >= 15 is 0 Å². The van der Waals surface area contributed by atoms with Crippen LogP contribution in [0.4, 0.5) is 8.78 Å². The van der Waals surface area contributed by atoms with Crippen molar-refractivity contribution >= 4 is 5.78 Å². The van der Waals surface area contributed by atoms with Crippen molar-refractivity contribution in [1.29, 1.82) is 0 Å². The van der Waals surface area contributed by atoms with Gasteiger partial charge in [0, 0.05) is 24.8 Å². The number of ether oxygens (including phenoxy) is 1. The number of hydrogen-bond acceptors (Lipinski definition) is 2. The van der Waals surface area contributed by atoms with Crippen LogP contribution in [0.5, 0.6) is 0 Å². The van der Waals surface area contributed by atoms with Crippen LogP contribution in [-0.4, -0.2) is 18.5 Å². The van der Waals surface area contributed by atoms with E-state index in [1.54, 1.807) is 0 Å². The van der Waals surface area contributed by atoms with Crippen molar-refractivity contribution < 1.29 is 18.3 Å². The SMILES string of the molecule is O=C1CCC(C2CCC(C=CC3CCC(C=C(F)F)OC3)CC2)CC1. The Morgan fingerprint density at radius 1 is 0.840 bits per heavy atom. The number of allylic oxidation sites excluding steroid dienone is 1. The Labute approximate surface area is 149 Å². The van der Waals surface area contributed by atoms with Gasteiger partial charge in [0.1, 0.15) is 5.78 Å². The third kappa shape index (κ3) is 5.73. The molecule has 3 aliphatic rings. The first kappa shape index (κ1) is 18.8. The van der Waals surface area contributed by atoms with Crippen LogP contribution in [0, 0.1) is 23.7 Å². The lowest BCUT2D eigenvalue weighted by Gasteiger charge is -2.35. The Balaban J connectivity index is 1.37. The van der Waals surface area contributed by atoms with Crippen LogP contribution in [0.3, 0.4) is 0 Å². The maximum atomic E-state index is 12.2. The molecule has 0 N–H and O–H groups in total. The summed E-state index contributed by atoms with van der Waals surface area (Å²) in [6.45, 7) is 0.552. The number of halogens is 2. The smallest absolute Gasteiger partial charge is 0.268 e. The first-order valence-corrected chi connectivity index (χ1v) is 9.94. The lowest BCUT2D eigenvalue weighted by Crippen LogP contribution is -2.26. The molecule has 4 heteroatoms. The minimum Gasteiger partial charge on any atom is -0.373 e. The summed E-state index contributed by atoms with van der Waals surface area (Å²) in [5, 5.41) is 0. The molecule has 2 nitrogen and oxygen atoms in total. The highest BCUT2D eigenvalue weighted by Crippen LogP contribution is 2.39. The zero-order chi connectivity index (χ0) is 17.6.